The fourth-order valence-electron chi connectivity index (χ4n) is 0.675. The minimum Gasteiger partial charge on any atom is -0.279 e. The van der Waals surface area contributed by atoms with Gasteiger partial charge in [-0.25, -0.2) is 0 Å². The highest BCUT2D eigenvalue weighted by Gasteiger charge is 1.93. The Morgan fingerprint density at radius 2 is 2.00 bits per heavy atom. The van der Waals surface area contributed by atoms with Gasteiger partial charge in [0.25, 0.3) is 0 Å². The number of rotatable bonds is 5. The van der Waals surface area contributed by atoms with E-state index in [2.05, 4.69) is 38.9 Å². The Kier molecular flexibility index (Phi) is 5.98. The SMILES string of the molecule is C=C/C(=C\C=C(/C)C(C)C)NOC. The van der Waals surface area contributed by atoms with Gasteiger partial charge in [0.1, 0.15) is 0 Å². The summed E-state index contributed by atoms with van der Waals surface area (Å²) in [6.45, 7) is 10.1. The van der Waals surface area contributed by atoms with Crippen LogP contribution in [0.3, 0.4) is 0 Å². The van der Waals surface area contributed by atoms with Crippen molar-refractivity contribution in [2.45, 2.75) is 20.8 Å². The lowest BCUT2D eigenvalue weighted by molar-refractivity contribution is 0.121. The fourth-order valence-corrected chi connectivity index (χ4v) is 0.675. The molecular formula is C11H19NO. The summed E-state index contributed by atoms with van der Waals surface area (Å²) in [5.74, 6) is 0.574. The van der Waals surface area contributed by atoms with Gasteiger partial charge in [0.05, 0.1) is 12.8 Å². The predicted molar refractivity (Wildman–Crippen MR) is 57.0 cm³/mol. The van der Waals surface area contributed by atoms with E-state index in [0.717, 1.165) is 5.70 Å². The average Bonchev–Trinajstić information content (AvgIpc) is 2.11. The topological polar surface area (TPSA) is 21.3 Å². The largest absolute Gasteiger partial charge is 0.279 e. The minimum atomic E-state index is 0.574. The molecule has 0 heterocycles. The average molecular weight is 181 g/mol. The molecule has 0 aliphatic heterocycles. The van der Waals surface area contributed by atoms with Gasteiger partial charge in [-0.2, -0.15) is 0 Å². The Bertz CT molecular complexity index is 214. The van der Waals surface area contributed by atoms with E-state index in [4.69, 9.17) is 4.84 Å². The van der Waals surface area contributed by atoms with E-state index in [-0.39, 0.29) is 0 Å². The molecule has 74 valence electrons. The number of allylic oxidation sites excluding steroid dienone is 4. The molecule has 0 aromatic carbocycles. The molecule has 2 nitrogen and oxygen atoms in total. The van der Waals surface area contributed by atoms with Crippen LogP contribution in [0.25, 0.3) is 0 Å². The van der Waals surface area contributed by atoms with Crippen LogP contribution >= 0.6 is 0 Å². The second-order valence-electron chi connectivity index (χ2n) is 3.20. The monoisotopic (exact) mass is 181 g/mol. The molecule has 0 unspecified atom stereocenters. The summed E-state index contributed by atoms with van der Waals surface area (Å²) < 4.78 is 0. The van der Waals surface area contributed by atoms with Crippen molar-refractivity contribution < 1.29 is 4.84 Å². The Hall–Kier alpha value is -1.02. The molecule has 0 amide bonds. The smallest absolute Gasteiger partial charge is 0.0636 e. The minimum absolute atomic E-state index is 0.574. The van der Waals surface area contributed by atoms with Gasteiger partial charge in [0, 0.05) is 0 Å². The van der Waals surface area contributed by atoms with Gasteiger partial charge < -0.3 is 0 Å². The van der Waals surface area contributed by atoms with Gasteiger partial charge in [-0.1, -0.05) is 32.1 Å². The maximum atomic E-state index is 4.77. The summed E-state index contributed by atoms with van der Waals surface area (Å²) in [5.41, 5.74) is 4.92. The van der Waals surface area contributed by atoms with E-state index in [0.29, 0.717) is 5.92 Å². The van der Waals surface area contributed by atoms with E-state index in [1.165, 1.54) is 5.57 Å². The summed E-state index contributed by atoms with van der Waals surface area (Å²) in [4.78, 5) is 4.77. The summed E-state index contributed by atoms with van der Waals surface area (Å²) in [5, 5.41) is 0. The highest BCUT2D eigenvalue weighted by atomic mass is 16.6. The third-order valence-electron chi connectivity index (χ3n) is 1.88. The molecule has 0 saturated carbocycles. The molecule has 0 spiro atoms. The van der Waals surface area contributed by atoms with Crippen molar-refractivity contribution in [3.63, 3.8) is 0 Å². The van der Waals surface area contributed by atoms with Gasteiger partial charge in [0.15, 0.2) is 0 Å². The predicted octanol–water partition coefficient (Wildman–Crippen LogP) is 2.81. The zero-order chi connectivity index (χ0) is 10.3. The zero-order valence-corrected chi connectivity index (χ0v) is 8.92. The lowest BCUT2D eigenvalue weighted by Gasteiger charge is -2.04. The van der Waals surface area contributed by atoms with Crippen molar-refractivity contribution in [3.8, 4) is 0 Å². The quantitative estimate of drug-likeness (QED) is 0.520. The van der Waals surface area contributed by atoms with Crippen LogP contribution in [0.2, 0.25) is 0 Å². The summed E-state index contributed by atoms with van der Waals surface area (Å²) >= 11 is 0. The van der Waals surface area contributed by atoms with Crippen LogP contribution in [0.15, 0.2) is 36.1 Å². The number of hydrogen-bond acceptors (Lipinski definition) is 2. The molecule has 0 aliphatic carbocycles. The highest BCUT2D eigenvalue weighted by molar-refractivity contribution is 5.22. The summed E-state index contributed by atoms with van der Waals surface area (Å²) in [6, 6.07) is 0. The van der Waals surface area contributed by atoms with E-state index in [1.54, 1.807) is 13.2 Å². The third-order valence-corrected chi connectivity index (χ3v) is 1.88. The van der Waals surface area contributed by atoms with E-state index >= 15 is 0 Å². The van der Waals surface area contributed by atoms with Gasteiger partial charge in [-0.05, 0) is 25.0 Å². The van der Waals surface area contributed by atoms with Crippen LogP contribution in [0.1, 0.15) is 20.8 Å². The standard InChI is InChI=1S/C11H19NO/c1-6-11(12-13-5)8-7-10(4)9(2)3/h6-9,12H,1H2,2-5H3/b10-7+,11-8+. The molecule has 2 heteroatoms. The molecule has 13 heavy (non-hydrogen) atoms. The number of nitrogens with one attached hydrogen (secondary N) is 1. The van der Waals surface area contributed by atoms with Crippen LogP contribution in [-0.4, -0.2) is 7.11 Å². The van der Waals surface area contributed by atoms with Crippen molar-refractivity contribution in [1.29, 1.82) is 0 Å². The van der Waals surface area contributed by atoms with Crippen molar-refractivity contribution in [3.05, 3.63) is 36.1 Å². The second kappa shape index (κ2) is 6.49. The lowest BCUT2D eigenvalue weighted by Crippen LogP contribution is -2.08. The first-order valence-electron chi connectivity index (χ1n) is 4.41. The molecule has 0 atom stereocenters. The van der Waals surface area contributed by atoms with E-state index in [9.17, 15) is 0 Å². The van der Waals surface area contributed by atoms with Crippen LogP contribution in [0.4, 0.5) is 0 Å². The Morgan fingerprint density at radius 3 is 2.38 bits per heavy atom. The van der Waals surface area contributed by atoms with E-state index < -0.39 is 0 Å². The highest BCUT2D eigenvalue weighted by Crippen LogP contribution is 2.08. The van der Waals surface area contributed by atoms with Crippen molar-refractivity contribution in [2.75, 3.05) is 7.11 Å². The molecule has 0 fully saturated rings. The summed E-state index contributed by atoms with van der Waals surface area (Å²) in [6.07, 6.45) is 5.73. The van der Waals surface area contributed by atoms with Crippen molar-refractivity contribution in [1.82, 2.24) is 5.48 Å². The number of hydrogen-bond donors (Lipinski definition) is 1. The number of hydroxylamine groups is 1. The molecule has 0 bridgehead atoms. The Morgan fingerprint density at radius 1 is 1.38 bits per heavy atom. The van der Waals surface area contributed by atoms with Gasteiger partial charge >= 0.3 is 0 Å². The first-order valence-corrected chi connectivity index (χ1v) is 4.41. The van der Waals surface area contributed by atoms with Crippen LogP contribution in [0, 0.1) is 5.92 Å². The molecule has 0 rings (SSSR count). The van der Waals surface area contributed by atoms with Crippen molar-refractivity contribution in [2.24, 2.45) is 5.92 Å². The normalized spacial score (nSPS) is 13.3. The first-order chi connectivity index (χ1) is 6.11. The molecule has 0 aromatic heterocycles. The molecular weight excluding hydrogens is 162 g/mol. The third kappa shape index (κ3) is 5.26. The molecule has 0 aliphatic rings. The zero-order valence-electron chi connectivity index (χ0n) is 8.92. The molecule has 0 aromatic rings. The first kappa shape index (κ1) is 12.0. The molecule has 0 saturated heterocycles. The molecule has 0 radical (unpaired) electrons. The fraction of sp³-hybridized carbons (Fsp3) is 0.455. The van der Waals surface area contributed by atoms with Gasteiger partial charge in [-0.3, -0.25) is 10.3 Å². The van der Waals surface area contributed by atoms with Crippen molar-refractivity contribution >= 4 is 0 Å². The van der Waals surface area contributed by atoms with Crippen LogP contribution in [0.5, 0.6) is 0 Å². The molecule has 1 N–H and O–H groups in total. The second-order valence-corrected chi connectivity index (χ2v) is 3.20. The van der Waals surface area contributed by atoms with Gasteiger partial charge in [-0.15, -0.1) is 0 Å². The lowest BCUT2D eigenvalue weighted by atomic mass is 10.1. The van der Waals surface area contributed by atoms with Crippen LogP contribution in [-0.2, 0) is 4.84 Å². The maximum Gasteiger partial charge on any atom is 0.0636 e. The van der Waals surface area contributed by atoms with Crippen LogP contribution < -0.4 is 5.48 Å². The van der Waals surface area contributed by atoms with E-state index in [1.807, 2.05) is 6.08 Å². The maximum absolute atomic E-state index is 4.77. The van der Waals surface area contributed by atoms with Gasteiger partial charge in [0.2, 0.25) is 0 Å². The Labute approximate surface area is 80.9 Å². The summed E-state index contributed by atoms with van der Waals surface area (Å²) in [7, 11) is 1.58. The Balaban J connectivity index is 4.35.